The molecule has 1 aromatic carbocycles. The number of urea groups is 1. The monoisotopic (exact) mass is 367 g/mol. The van der Waals surface area contributed by atoms with Crippen LogP contribution in [0, 0.1) is 12.7 Å². The van der Waals surface area contributed by atoms with Crippen molar-refractivity contribution in [1.82, 2.24) is 10.1 Å². The molecule has 1 atom stereocenters. The lowest BCUT2D eigenvalue weighted by Gasteiger charge is -2.23. The summed E-state index contributed by atoms with van der Waals surface area (Å²) in [7, 11) is 0. The number of rotatable bonds is 2. The Balaban J connectivity index is 1.76. The SMILES string of the molecule is Cc1cc([C@@H]2CCCN2C(=O)Nc2ccc(Br)cc2F)on1. The maximum Gasteiger partial charge on any atom is 0.322 e. The number of likely N-dealkylation sites (tertiary alicyclic amines) is 1. The number of aryl methyl sites for hydroxylation is 1. The maximum absolute atomic E-state index is 13.8. The number of nitrogens with one attached hydrogen (secondary N) is 1. The summed E-state index contributed by atoms with van der Waals surface area (Å²) in [5.74, 6) is 0.190. The van der Waals surface area contributed by atoms with E-state index in [1.54, 1.807) is 11.0 Å². The van der Waals surface area contributed by atoms with Crippen molar-refractivity contribution < 1.29 is 13.7 Å². The van der Waals surface area contributed by atoms with Crippen LogP contribution >= 0.6 is 15.9 Å². The molecule has 0 aliphatic carbocycles. The first-order chi connectivity index (χ1) is 10.5. The van der Waals surface area contributed by atoms with Crippen LogP contribution in [0.1, 0.15) is 30.3 Å². The molecule has 0 radical (unpaired) electrons. The van der Waals surface area contributed by atoms with E-state index in [0.717, 1.165) is 18.5 Å². The average molecular weight is 368 g/mol. The van der Waals surface area contributed by atoms with E-state index in [9.17, 15) is 9.18 Å². The Kier molecular flexibility index (Phi) is 4.15. The Morgan fingerprint density at radius 2 is 2.32 bits per heavy atom. The van der Waals surface area contributed by atoms with Crippen molar-refractivity contribution in [2.45, 2.75) is 25.8 Å². The number of amides is 2. The van der Waals surface area contributed by atoms with Gasteiger partial charge in [-0.2, -0.15) is 0 Å². The summed E-state index contributed by atoms with van der Waals surface area (Å²) in [5.41, 5.74) is 0.939. The lowest BCUT2D eigenvalue weighted by Crippen LogP contribution is -2.34. The molecule has 5 nitrogen and oxygen atoms in total. The fourth-order valence-electron chi connectivity index (χ4n) is 2.62. The van der Waals surface area contributed by atoms with Crippen molar-refractivity contribution in [1.29, 1.82) is 0 Å². The average Bonchev–Trinajstić information content (AvgIpc) is 3.10. The summed E-state index contributed by atoms with van der Waals surface area (Å²) in [4.78, 5) is 14.1. The van der Waals surface area contributed by atoms with E-state index in [-0.39, 0.29) is 17.8 Å². The quantitative estimate of drug-likeness (QED) is 0.862. The molecule has 0 unspecified atom stereocenters. The minimum atomic E-state index is -0.478. The van der Waals surface area contributed by atoms with E-state index in [0.29, 0.717) is 16.8 Å². The molecule has 1 aromatic heterocycles. The van der Waals surface area contributed by atoms with Gasteiger partial charge < -0.3 is 14.7 Å². The summed E-state index contributed by atoms with van der Waals surface area (Å²) in [6.07, 6.45) is 1.69. The van der Waals surface area contributed by atoms with Crippen molar-refractivity contribution in [3.63, 3.8) is 0 Å². The Bertz CT molecular complexity index is 704. The third-order valence-electron chi connectivity index (χ3n) is 3.66. The van der Waals surface area contributed by atoms with Crippen LogP contribution in [0.5, 0.6) is 0 Å². The van der Waals surface area contributed by atoms with Crippen molar-refractivity contribution >= 4 is 27.6 Å². The van der Waals surface area contributed by atoms with Gasteiger partial charge in [-0.3, -0.25) is 0 Å². The standard InChI is InChI=1S/C15H15BrFN3O2/c1-9-7-14(22-19-9)13-3-2-6-20(13)15(21)18-12-5-4-10(16)8-11(12)17/h4-5,7-8,13H,2-3,6H2,1H3,(H,18,21)/t13-/m0/s1. The molecule has 7 heteroatoms. The highest BCUT2D eigenvalue weighted by molar-refractivity contribution is 9.10. The molecule has 1 aliphatic heterocycles. The van der Waals surface area contributed by atoms with E-state index in [1.165, 1.54) is 12.1 Å². The highest BCUT2D eigenvalue weighted by Gasteiger charge is 2.33. The zero-order valence-corrected chi connectivity index (χ0v) is 13.6. The van der Waals surface area contributed by atoms with Crippen molar-refractivity contribution in [2.24, 2.45) is 0 Å². The Labute approximate surface area is 135 Å². The minimum absolute atomic E-state index is 0.153. The van der Waals surface area contributed by atoms with E-state index in [2.05, 4.69) is 26.4 Å². The van der Waals surface area contributed by atoms with Gasteiger partial charge >= 0.3 is 6.03 Å². The topological polar surface area (TPSA) is 58.4 Å². The molecule has 1 aliphatic rings. The van der Waals surface area contributed by atoms with E-state index in [1.807, 2.05) is 13.0 Å². The van der Waals surface area contributed by atoms with E-state index in [4.69, 9.17) is 4.52 Å². The van der Waals surface area contributed by atoms with Gasteiger partial charge in [0.15, 0.2) is 5.76 Å². The summed E-state index contributed by atoms with van der Waals surface area (Å²) >= 11 is 3.19. The van der Waals surface area contributed by atoms with Gasteiger partial charge in [0.1, 0.15) is 5.82 Å². The van der Waals surface area contributed by atoms with E-state index >= 15 is 0 Å². The maximum atomic E-state index is 13.8. The summed E-state index contributed by atoms with van der Waals surface area (Å²) in [5, 5.41) is 6.48. The fourth-order valence-corrected chi connectivity index (χ4v) is 2.96. The fraction of sp³-hybridized carbons (Fsp3) is 0.333. The second-order valence-electron chi connectivity index (χ2n) is 5.28. The molecule has 2 heterocycles. The number of aromatic nitrogens is 1. The van der Waals surface area contributed by atoms with Gasteiger partial charge in [0.2, 0.25) is 0 Å². The van der Waals surface area contributed by atoms with Gasteiger partial charge in [-0.15, -0.1) is 0 Å². The van der Waals surface area contributed by atoms with Crippen LogP contribution in [0.4, 0.5) is 14.9 Å². The number of benzene rings is 1. The summed E-state index contributed by atoms with van der Waals surface area (Å²) in [6.45, 7) is 2.44. The molecule has 0 bridgehead atoms. The highest BCUT2D eigenvalue weighted by atomic mass is 79.9. The number of nitrogens with zero attached hydrogens (tertiary/aromatic N) is 2. The van der Waals surface area contributed by atoms with Crippen molar-refractivity contribution in [3.05, 3.63) is 46.0 Å². The molecule has 0 saturated carbocycles. The number of carbonyl (C=O) groups is 1. The summed E-state index contributed by atoms with van der Waals surface area (Å²) < 4.78 is 19.7. The molecule has 1 N–H and O–H groups in total. The third-order valence-corrected chi connectivity index (χ3v) is 4.15. The van der Waals surface area contributed by atoms with Crippen LogP contribution in [-0.2, 0) is 0 Å². The van der Waals surface area contributed by atoms with Crippen LogP contribution < -0.4 is 5.32 Å². The predicted molar refractivity (Wildman–Crippen MR) is 83.0 cm³/mol. The molecule has 1 saturated heterocycles. The van der Waals surface area contributed by atoms with Crippen molar-refractivity contribution in [3.8, 4) is 0 Å². The summed E-state index contributed by atoms with van der Waals surface area (Å²) in [6, 6.07) is 5.87. The molecular weight excluding hydrogens is 353 g/mol. The first kappa shape index (κ1) is 15.0. The normalized spacial score (nSPS) is 17.8. The number of hydrogen-bond acceptors (Lipinski definition) is 3. The second kappa shape index (κ2) is 6.08. The molecule has 0 spiro atoms. The van der Waals surface area contributed by atoms with Crippen LogP contribution in [0.3, 0.4) is 0 Å². The number of carbonyl (C=O) groups excluding carboxylic acids is 1. The lowest BCUT2D eigenvalue weighted by molar-refractivity contribution is 0.195. The number of halogens is 2. The van der Waals surface area contributed by atoms with Gasteiger partial charge in [-0.05, 0) is 38.0 Å². The zero-order valence-electron chi connectivity index (χ0n) is 12.0. The van der Waals surface area contributed by atoms with Crippen LogP contribution in [0.2, 0.25) is 0 Å². The van der Waals surface area contributed by atoms with E-state index < -0.39 is 5.82 Å². The molecular formula is C15H15BrFN3O2. The van der Waals surface area contributed by atoms with Crippen LogP contribution in [0.15, 0.2) is 33.3 Å². The van der Waals surface area contributed by atoms with Gasteiger partial charge in [0, 0.05) is 17.1 Å². The molecule has 22 heavy (non-hydrogen) atoms. The smallest absolute Gasteiger partial charge is 0.322 e. The van der Waals surface area contributed by atoms with Gasteiger partial charge in [0.25, 0.3) is 0 Å². The Hall–Kier alpha value is -1.89. The molecule has 3 rings (SSSR count). The van der Waals surface area contributed by atoms with Crippen molar-refractivity contribution in [2.75, 3.05) is 11.9 Å². The number of anilines is 1. The lowest BCUT2D eigenvalue weighted by atomic mass is 10.1. The minimum Gasteiger partial charge on any atom is -0.359 e. The van der Waals surface area contributed by atoms with Crippen LogP contribution in [0.25, 0.3) is 0 Å². The Morgan fingerprint density at radius 3 is 3.00 bits per heavy atom. The van der Waals surface area contributed by atoms with Gasteiger partial charge in [0.05, 0.1) is 17.4 Å². The van der Waals surface area contributed by atoms with Gasteiger partial charge in [-0.1, -0.05) is 21.1 Å². The molecule has 2 amide bonds. The first-order valence-electron chi connectivity index (χ1n) is 7.00. The largest absolute Gasteiger partial charge is 0.359 e. The van der Waals surface area contributed by atoms with Crippen LogP contribution in [-0.4, -0.2) is 22.6 Å². The third kappa shape index (κ3) is 2.99. The zero-order chi connectivity index (χ0) is 15.7. The molecule has 1 fully saturated rings. The highest BCUT2D eigenvalue weighted by Crippen LogP contribution is 2.33. The first-order valence-corrected chi connectivity index (χ1v) is 7.80. The predicted octanol–water partition coefficient (Wildman–Crippen LogP) is 4.25. The molecule has 116 valence electrons. The second-order valence-corrected chi connectivity index (χ2v) is 6.19. The molecule has 2 aromatic rings. The Morgan fingerprint density at radius 1 is 1.50 bits per heavy atom. The number of hydrogen-bond donors (Lipinski definition) is 1. The van der Waals surface area contributed by atoms with Gasteiger partial charge in [-0.25, -0.2) is 9.18 Å².